The summed E-state index contributed by atoms with van der Waals surface area (Å²) in [6, 6.07) is 12.7. The van der Waals surface area contributed by atoms with Gasteiger partial charge >= 0.3 is 0 Å². The normalized spacial score (nSPS) is 15.0. The van der Waals surface area contributed by atoms with Crippen molar-refractivity contribution in [1.82, 2.24) is 4.72 Å². The Morgan fingerprint density at radius 3 is 2.44 bits per heavy atom. The Balaban J connectivity index is 1.59. The highest BCUT2D eigenvalue weighted by molar-refractivity contribution is 7.89. The van der Waals surface area contributed by atoms with Gasteiger partial charge in [-0.3, -0.25) is 0 Å². The molecule has 6 heteroatoms. The molecule has 1 N–H and O–H groups in total. The molecule has 0 aromatic heterocycles. The van der Waals surface area contributed by atoms with E-state index >= 15 is 0 Å². The summed E-state index contributed by atoms with van der Waals surface area (Å²) >= 11 is 0. The quantitative estimate of drug-likeness (QED) is 0.858. The van der Waals surface area contributed by atoms with Crippen LogP contribution in [0.15, 0.2) is 47.4 Å². The SMILES string of the molecule is Cc1ccc(S(=O)(=O)NCCC(C)c2ccc3c(c2)OCCO3)cc1. The Labute approximate surface area is 149 Å². The Morgan fingerprint density at radius 2 is 1.72 bits per heavy atom. The monoisotopic (exact) mass is 361 g/mol. The van der Waals surface area contributed by atoms with Crippen molar-refractivity contribution in [2.45, 2.75) is 31.1 Å². The van der Waals surface area contributed by atoms with Crippen LogP contribution in [0.2, 0.25) is 0 Å². The third-order valence-corrected chi connectivity index (χ3v) is 5.81. The summed E-state index contributed by atoms with van der Waals surface area (Å²) < 4.78 is 38.4. The van der Waals surface area contributed by atoms with Crippen LogP contribution < -0.4 is 14.2 Å². The highest BCUT2D eigenvalue weighted by atomic mass is 32.2. The highest BCUT2D eigenvalue weighted by Gasteiger charge is 2.16. The van der Waals surface area contributed by atoms with Crippen LogP contribution in [0, 0.1) is 6.92 Å². The minimum Gasteiger partial charge on any atom is -0.486 e. The number of nitrogens with one attached hydrogen (secondary N) is 1. The van der Waals surface area contributed by atoms with Gasteiger partial charge in [-0.05, 0) is 49.1 Å². The van der Waals surface area contributed by atoms with Crippen LogP contribution in [0.4, 0.5) is 0 Å². The van der Waals surface area contributed by atoms with Crippen molar-refractivity contribution in [1.29, 1.82) is 0 Å². The van der Waals surface area contributed by atoms with Gasteiger partial charge < -0.3 is 9.47 Å². The summed E-state index contributed by atoms with van der Waals surface area (Å²) in [7, 11) is -3.46. The number of ether oxygens (including phenoxy) is 2. The third kappa shape index (κ3) is 4.32. The number of sulfonamides is 1. The molecule has 0 amide bonds. The lowest BCUT2D eigenvalue weighted by Gasteiger charge is -2.20. The molecule has 0 fully saturated rings. The predicted molar refractivity (Wildman–Crippen MR) is 96.8 cm³/mol. The molecule has 0 saturated heterocycles. The van der Waals surface area contributed by atoms with E-state index in [0.29, 0.717) is 31.1 Å². The van der Waals surface area contributed by atoms with Gasteiger partial charge in [-0.2, -0.15) is 0 Å². The molecule has 1 aliphatic rings. The van der Waals surface area contributed by atoms with Gasteiger partial charge in [-0.15, -0.1) is 0 Å². The second-order valence-corrected chi connectivity index (χ2v) is 8.07. The third-order valence-electron chi connectivity index (χ3n) is 4.34. The lowest BCUT2D eigenvalue weighted by Crippen LogP contribution is -2.25. The van der Waals surface area contributed by atoms with Gasteiger partial charge in [0, 0.05) is 6.54 Å². The molecule has 5 nitrogen and oxygen atoms in total. The van der Waals surface area contributed by atoms with Crippen LogP contribution in [0.3, 0.4) is 0 Å². The first-order chi connectivity index (χ1) is 12.0. The van der Waals surface area contributed by atoms with Crippen molar-refractivity contribution in [3.05, 3.63) is 53.6 Å². The number of rotatable bonds is 6. The van der Waals surface area contributed by atoms with Crippen molar-refractivity contribution in [3.8, 4) is 11.5 Å². The van der Waals surface area contributed by atoms with Gasteiger partial charge in [0.2, 0.25) is 10.0 Å². The smallest absolute Gasteiger partial charge is 0.240 e. The zero-order valence-electron chi connectivity index (χ0n) is 14.5. The first-order valence-electron chi connectivity index (χ1n) is 8.41. The molecule has 0 saturated carbocycles. The van der Waals surface area contributed by atoms with E-state index in [9.17, 15) is 8.42 Å². The van der Waals surface area contributed by atoms with Gasteiger partial charge in [0.1, 0.15) is 13.2 Å². The lowest BCUT2D eigenvalue weighted by molar-refractivity contribution is 0.171. The molecule has 0 bridgehead atoms. The average molecular weight is 361 g/mol. The van der Waals surface area contributed by atoms with Gasteiger partial charge in [-0.25, -0.2) is 13.1 Å². The van der Waals surface area contributed by atoms with Gasteiger partial charge in [0.25, 0.3) is 0 Å². The van der Waals surface area contributed by atoms with Crippen molar-refractivity contribution in [3.63, 3.8) is 0 Å². The fourth-order valence-electron chi connectivity index (χ4n) is 2.74. The van der Waals surface area contributed by atoms with Crippen molar-refractivity contribution in [2.24, 2.45) is 0 Å². The number of aryl methyl sites for hydroxylation is 1. The minimum atomic E-state index is -3.46. The van der Waals surface area contributed by atoms with Crippen LogP contribution in [-0.2, 0) is 10.0 Å². The van der Waals surface area contributed by atoms with Crippen LogP contribution in [0.1, 0.15) is 30.4 Å². The first-order valence-corrected chi connectivity index (χ1v) is 9.90. The summed E-state index contributed by atoms with van der Waals surface area (Å²) in [6.45, 7) is 5.51. The summed E-state index contributed by atoms with van der Waals surface area (Å²) in [5.41, 5.74) is 2.14. The second kappa shape index (κ2) is 7.45. The van der Waals surface area contributed by atoms with E-state index in [1.807, 2.05) is 25.1 Å². The molecule has 1 unspecified atom stereocenters. The summed E-state index contributed by atoms with van der Waals surface area (Å²) in [5, 5.41) is 0. The van der Waals surface area contributed by atoms with Crippen molar-refractivity contribution >= 4 is 10.0 Å². The number of hydrogen-bond donors (Lipinski definition) is 1. The maximum Gasteiger partial charge on any atom is 0.240 e. The van der Waals surface area contributed by atoms with Crippen LogP contribution in [0.25, 0.3) is 0 Å². The molecular formula is C19H23NO4S. The topological polar surface area (TPSA) is 64.6 Å². The standard InChI is InChI=1S/C19H23NO4S/c1-14-3-6-17(7-4-14)25(21,22)20-10-9-15(2)16-5-8-18-19(13-16)24-12-11-23-18/h3-8,13,15,20H,9-12H2,1-2H3. The van der Waals surface area contributed by atoms with E-state index in [2.05, 4.69) is 11.6 Å². The fraction of sp³-hybridized carbons (Fsp3) is 0.368. The Hall–Kier alpha value is -2.05. The van der Waals surface area contributed by atoms with Crippen molar-refractivity contribution in [2.75, 3.05) is 19.8 Å². The summed E-state index contributed by atoms with van der Waals surface area (Å²) in [4.78, 5) is 0.296. The minimum absolute atomic E-state index is 0.205. The Bertz CT molecular complexity index is 831. The highest BCUT2D eigenvalue weighted by Crippen LogP contribution is 2.33. The largest absolute Gasteiger partial charge is 0.486 e. The Kier molecular flexibility index (Phi) is 5.30. The molecular weight excluding hydrogens is 338 g/mol. The molecule has 0 aliphatic carbocycles. The number of fused-ring (bicyclic) bond motifs is 1. The number of benzene rings is 2. The molecule has 3 rings (SSSR count). The molecule has 1 aliphatic heterocycles. The van der Waals surface area contributed by atoms with E-state index in [1.165, 1.54) is 0 Å². The average Bonchev–Trinajstić information content (AvgIpc) is 2.61. The van der Waals surface area contributed by atoms with Crippen LogP contribution in [0.5, 0.6) is 11.5 Å². The van der Waals surface area contributed by atoms with Crippen molar-refractivity contribution < 1.29 is 17.9 Å². The van der Waals surface area contributed by atoms with E-state index in [1.54, 1.807) is 24.3 Å². The Morgan fingerprint density at radius 1 is 1.04 bits per heavy atom. The van der Waals surface area contributed by atoms with E-state index in [0.717, 1.165) is 22.6 Å². The molecule has 2 aromatic rings. The zero-order valence-corrected chi connectivity index (χ0v) is 15.3. The molecule has 134 valence electrons. The van der Waals surface area contributed by atoms with E-state index in [-0.39, 0.29) is 5.92 Å². The van der Waals surface area contributed by atoms with Gasteiger partial charge in [0.05, 0.1) is 4.90 Å². The zero-order chi connectivity index (χ0) is 17.9. The fourth-order valence-corrected chi connectivity index (χ4v) is 3.79. The maximum atomic E-state index is 12.3. The molecule has 25 heavy (non-hydrogen) atoms. The first kappa shape index (κ1) is 17.8. The van der Waals surface area contributed by atoms with Gasteiger partial charge in [-0.1, -0.05) is 30.7 Å². The summed E-state index contributed by atoms with van der Waals surface area (Å²) in [5.74, 6) is 1.73. The second-order valence-electron chi connectivity index (χ2n) is 6.30. The molecule has 0 radical (unpaired) electrons. The maximum absolute atomic E-state index is 12.3. The number of hydrogen-bond acceptors (Lipinski definition) is 4. The predicted octanol–water partition coefficient (Wildman–Crippen LogP) is 3.24. The molecule has 1 heterocycles. The van der Waals surface area contributed by atoms with E-state index < -0.39 is 10.0 Å². The summed E-state index contributed by atoms with van der Waals surface area (Å²) in [6.07, 6.45) is 0.699. The van der Waals surface area contributed by atoms with Crippen LogP contribution in [-0.4, -0.2) is 28.2 Å². The molecule has 1 atom stereocenters. The lowest BCUT2D eigenvalue weighted by atomic mass is 9.97. The molecule has 0 spiro atoms. The van der Waals surface area contributed by atoms with E-state index in [4.69, 9.17) is 9.47 Å². The van der Waals surface area contributed by atoms with Gasteiger partial charge in [0.15, 0.2) is 11.5 Å². The molecule has 2 aromatic carbocycles. The van der Waals surface area contributed by atoms with Crippen LogP contribution >= 0.6 is 0 Å².